The van der Waals surface area contributed by atoms with Gasteiger partial charge in [-0.2, -0.15) is 5.26 Å². The second-order valence-electron chi connectivity index (χ2n) is 3.17. The number of rotatable bonds is 4. The molecule has 1 aromatic rings. The molecule has 1 heterocycles. The molecule has 1 aromatic heterocycles. The molecule has 5 heteroatoms. The Morgan fingerprint density at radius 2 is 2.40 bits per heavy atom. The second-order valence-corrected chi connectivity index (χ2v) is 3.17. The van der Waals surface area contributed by atoms with Crippen molar-refractivity contribution in [2.75, 3.05) is 18.5 Å². The Kier molecular flexibility index (Phi) is 3.86. The Morgan fingerprint density at radius 3 is 3.00 bits per heavy atom. The number of anilines is 1. The fourth-order valence-corrected chi connectivity index (χ4v) is 1.27. The Morgan fingerprint density at radius 1 is 1.67 bits per heavy atom. The summed E-state index contributed by atoms with van der Waals surface area (Å²) in [6.07, 6.45) is 3.64. The number of hydrogen-bond acceptors (Lipinski definition) is 4. The van der Waals surface area contributed by atoms with Crippen molar-refractivity contribution in [3.8, 4) is 6.07 Å². The molecule has 0 amide bonds. The fourth-order valence-electron chi connectivity index (χ4n) is 1.27. The molecule has 1 rings (SSSR count). The van der Waals surface area contributed by atoms with Crippen LogP contribution in [-0.2, 0) is 6.54 Å². The predicted octanol–water partition coefficient (Wildman–Crippen LogP) is 0.613. The summed E-state index contributed by atoms with van der Waals surface area (Å²) in [6.45, 7) is 3.05. The van der Waals surface area contributed by atoms with E-state index in [2.05, 4.69) is 4.98 Å². The standard InChI is InChI=1S/C10H14N4O/c1-3-14-8-6-12-9(10(14)15)13(2)7-4-5-11/h6,8H,3-4,7H2,1-2H3. The molecule has 0 bridgehead atoms. The van der Waals surface area contributed by atoms with Crippen LogP contribution in [0.5, 0.6) is 0 Å². The number of nitriles is 1. The van der Waals surface area contributed by atoms with Crippen molar-refractivity contribution < 1.29 is 0 Å². The topological polar surface area (TPSA) is 61.9 Å². The highest BCUT2D eigenvalue weighted by molar-refractivity contribution is 5.34. The normalized spacial score (nSPS) is 9.67. The van der Waals surface area contributed by atoms with Crippen LogP contribution in [0.2, 0.25) is 0 Å². The maximum atomic E-state index is 11.8. The molecule has 0 aromatic carbocycles. The first-order chi connectivity index (χ1) is 7.20. The van der Waals surface area contributed by atoms with Crippen molar-refractivity contribution in [1.29, 1.82) is 5.26 Å². The zero-order chi connectivity index (χ0) is 11.3. The highest BCUT2D eigenvalue weighted by Crippen LogP contribution is 2.00. The third-order valence-electron chi connectivity index (χ3n) is 2.16. The van der Waals surface area contributed by atoms with Gasteiger partial charge in [0.15, 0.2) is 5.82 Å². The molecular formula is C10H14N4O. The number of aromatic nitrogens is 2. The summed E-state index contributed by atoms with van der Waals surface area (Å²) in [4.78, 5) is 17.5. The zero-order valence-electron chi connectivity index (χ0n) is 8.97. The van der Waals surface area contributed by atoms with Gasteiger partial charge in [-0.15, -0.1) is 0 Å². The summed E-state index contributed by atoms with van der Waals surface area (Å²) in [6, 6.07) is 2.04. The molecule has 0 atom stereocenters. The van der Waals surface area contributed by atoms with Crippen molar-refractivity contribution in [2.24, 2.45) is 0 Å². The Labute approximate surface area is 88.6 Å². The molecule has 0 aliphatic heterocycles. The van der Waals surface area contributed by atoms with E-state index in [9.17, 15) is 4.79 Å². The van der Waals surface area contributed by atoms with E-state index in [0.717, 1.165) is 0 Å². The second kappa shape index (κ2) is 5.15. The molecule has 0 spiro atoms. The third-order valence-corrected chi connectivity index (χ3v) is 2.16. The van der Waals surface area contributed by atoms with Gasteiger partial charge in [-0.3, -0.25) is 4.79 Å². The number of hydrogen-bond donors (Lipinski definition) is 0. The molecule has 5 nitrogen and oxygen atoms in total. The van der Waals surface area contributed by atoms with E-state index in [-0.39, 0.29) is 5.56 Å². The minimum absolute atomic E-state index is 0.111. The summed E-state index contributed by atoms with van der Waals surface area (Å²) in [7, 11) is 1.76. The molecule has 0 saturated carbocycles. The highest BCUT2D eigenvalue weighted by atomic mass is 16.1. The van der Waals surface area contributed by atoms with E-state index >= 15 is 0 Å². The lowest BCUT2D eigenvalue weighted by atomic mass is 10.4. The SMILES string of the molecule is CCn1ccnc(N(C)CCC#N)c1=O. The zero-order valence-corrected chi connectivity index (χ0v) is 8.97. The minimum Gasteiger partial charge on any atom is -0.354 e. The van der Waals surface area contributed by atoms with Crippen LogP contribution in [0.3, 0.4) is 0 Å². The summed E-state index contributed by atoms with van der Waals surface area (Å²) in [5.41, 5.74) is -0.111. The average molecular weight is 206 g/mol. The quantitative estimate of drug-likeness (QED) is 0.724. The Balaban J connectivity index is 2.95. The van der Waals surface area contributed by atoms with Gasteiger partial charge in [0, 0.05) is 32.5 Å². The van der Waals surface area contributed by atoms with Crippen molar-refractivity contribution in [3.63, 3.8) is 0 Å². The molecule has 0 N–H and O–H groups in total. The first kappa shape index (κ1) is 11.2. The Hall–Kier alpha value is -1.83. The van der Waals surface area contributed by atoms with E-state index < -0.39 is 0 Å². The molecule has 0 fully saturated rings. The van der Waals surface area contributed by atoms with Crippen LogP contribution in [0.15, 0.2) is 17.2 Å². The molecule has 0 unspecified atom stereocenters. The van der Waals surface area contributed by atoms with Gasteiger partial charge in [-0.25, -0.2) is 4.98 Å². The Bertz CT molecular complexity index is 418. The largest absolute Gasteiger partial charge is 0.354 e. The first-order valence-electron chi connectivity index (χ1n) is 4.84. The van der Waals surface area contributed by atoms with Crippen LogP contribution in [0.4, 0.5) is 5.82 Å². The van der Waals surface area contributed by atoms with Gasteiger partial charge >= 0.3 is 0 Å². The van der Waals surface area contributed by atoms with Gasteiger partial charge in [0.25, 0.3) is 5.56 Å². The fraction of sp³-hybridized carbons (Fsp3) is 0.500. The molecule has 0 aliphatic carbocycles. The van der Waals surface area contributed by atoms with Gasteiger partial charge in [0.1, 0.15) is 0 Å². The summed E-state index contributed by atoms with van der Waals surface area (Å²) < 4.78 is 1.59. The molecule has 0 saturated heterocycles. The minimum atomic E-state index is -0.111. The highest BCUT2D eigenvalue weighted by Gasteiger charge is 2.08. The maximum Gasteiger partial charge on any atom is 0.293 e. The van der Waals surface area contributed by atoms with Crippen LogP contribution in [-0.4, -0.2) is 23.1 Å². The maximum absolute atomic E-state index is 11.8. The van der Waals surface area contributed by atoms with Crippen LogP contribution in [0.25, 0.3) is 0 Å². The third kappa shape index (κ3) is 2.56. The lowest BCUT2D eigenvalue weighted by Gasteiger charge is -2.16. The van der Waals surface area contributed by atoms with E-state index in [1.54, 1.807) is 28.9 Å². The van der Waals surface area contributed by atoms with Gasteiger partial charge in [0.05, 0.1) is 12.5 Å². The average Bonchev–Trinajstić information content (AvgIpc) is 2.26. The van der Waals surface area contributed by atoms with Crippen LogP contribution in [0, 0.1) is 11.3 Å². The van der Waals surface area contributed by atoms with Crippen LogP contribution in [0.1, 0.15) is 13.3 Å². The monoisotopic (exact) mass is 206 g/mol. The predicted molar refractivity (Wildman–Crippen MR) is 57.7 cm³/mol. The van der Waals surface area contributed by atoms with E-state index in [1.807, 2.05) is 13.0 Å². The van der Waals surface area contributed by atoms with Crippen molar-refractivity contribution in [1.82, 2.24) is 9.55 Å². The molecular weight excluding hydrogens is 192 g/mol. The van der Waals surface area contributed by atoms with Gasteiger partial charge in [-0.1, -0.05) is 0 Å². The van der Waals surface area contributed by atoms with Gasteiger partial charge < -0.3 is 9.47 Å². The number of aryl methyl sites for hydroxylation is 1. The molecule has 15 heavy (non-hydrogen) atoms. The smallest absolute Gasteiger partial charge is 0.293 e. The van der Waals surface area contributed by atoms with Crippen molar-refractivity contribution in [3.05, 3.63) is 22.7 Å². The van der Waals surface area contributed by atoms with Gasteiger partial charge in [-0.05, 0) is 6.92 Å². The van der Waals surface area contributed by atoms with Crippen molar-refractivity contribution >= 4 is 5.82 Å². The van der Waals surface area contributed by atoms with Crippen molar-refractivity contribution in [2.45, 2.75) is 19.9 Å². The lowest BCUT2D eigenvalue weighted by Crippen LogP contribution is -2.30. The summed E-state index contributed by atoms with van der Waals surface area (Å²) in [5, 5.41) is 8.45. The van der Waals surface area contributed by atoms with E-state index in [0.29, 0.717) is 25.3 Å². The van der Waals surface area contributed by atoms with E-state index in [1.165, 1.54) is 0 Å². The first-order valence-corrected chi connectivity index (χ1v) is 4.84. The van der Waals surface area contributed by atoms with Crippen LogP contribution < -0.4 is 10.5 Å². The molecule has 0 radical (unpaired) electrons. The molecule has 80 valence electrons. The van der Waals surface area contributed by atoms with Gasteiger partial charge in [0.2, 0.25) is 0 Å². The van der Waals surface area contributed by atoms with E-state index in [4.69, 9.17) is 5.26 Å². The van der Waals surface area contributed by atoms with Crippen LogP contribution >= 0.6 is 0 Å². The molecule has 0 aliphatic rings. The summed E-state index contributed by atoms with van der Waals surface area (Å²) in [5.74, 6) is 0.398. The lowest BCUT2D eigenvalue weighted by molar-refractivity contribution is 0.708. The summed E-state index contributed by atoms with van der Waals surface area (Å²) >= 11 is 0. The number of nitrogens with zero attached hydrogens (tertiary/aromatic N) is 4.